The highest BCUT2D eigenvalue weighted by molar-refractivity contribution is 6.21. The highest BCUT2D eigenvalue weighted by Crippen LogP contribution is 2.54. The summed E-state index contributed by atoms with van der Waals surface area (Å²) in [5.74, 6) is -4.54. The monoisotopic (exact) mass is 326 g/mol. The van der Waals surface area contributed by atoms with Gasteiger partial charge in [-0.1, -0.05) is 19.8 Å². The van der Waals surface area contributed by atoms with Crippen molar-refractivity contribution in [3.05, 3.63) is 0 Å². The predicted molar refractivity (Wildman–Crippen MR) is 63.0 cm³/mol. The lowest BCUT2D eigenvalue weighted by atomic mass is 9.80. The van der Waals surface area contributed by atoms with E-state index in [9.17, 15) is 26.3 Å². The zero-order chi connectivity index (χ0) is 15.6. The van der Waals surface area contributed by atoms with Gasteiger partial charge in [-0.05, 0) is 6.42 Å². The fourth-order valence-corrected chi connectivity index (χ4v) is 2.54. The lowest BCUT2D eigenvalue weighted by Gasteiger charge is -2.43. The number of hydrogen-bond donors (Lipinski definition) is 0. The van der Waals surface area contributed by atoms with Gasteiger partial charge in [0.2, 0.25) is 0 Å². The van der Waals surface area contributed by atoms with Crippen molar-refractivity contribution in [1.82, 2.24) is 0 Å². The van der Waals surface area contributed by atoms with Gasteiger partial charge in [-0.25, -0.2) is 13.2 Å². The molecule has 0 aromatic carbocycles. The standard InChI is InChI=1S/C12H17ClF6O/c1-2-3-4-5-20-9-7-11(15,16)10(14,6-8(9)13)12(17,18)19/h8-9H,2-7H2,1H3/t8-,9-,10+/m0/s1. The quantitative estimate of drug-likeness (QED) is 0.398. The summed E-state index contributed by atoms with van der Waals surface area (Å²) in [7, 11) is 0. The minimum absolute atomic E-state index is 0.128. The van der Waals surface area contributed by atoms with Gasteiger partial charge in [0.1, 0.15) is 0 Å². The SMILES string of the molecule is CCCCCO[C@H]1CC(F)(F)[C@@](F)(C(F)(F)F)C[C@@H]1Cl. The summed E-state index contributed by atoms with van der Waals surface area (Å²) in [6, 6.07) is 0. The molecular weight excluding hydrogens is 310 g/mol. The van der Waals surface area contributed by atoms with E-state index in [1.807, 2.05) is 6.92 Å². The van der Waals surface area contributed by atoms with Gasteiger partial charge in [-0.15, -0.1) is 11.6 Å². The molecule has 1 saturated carbocycles. The van der Waals surface area contributed by atoms with Crippen LogP contribution in [0.1, 0.15) is 39.0 Å². The van der Waals surface area contributed by atoms with Crippen molar-refractivity contribution < 1.29 is 31.1 Å². The zero-order valence-electron chi connectivity index (χ0n) is 11.0. The molecule has 0 spiro atoms. The normalized spacial score (nSPS) is 34.2. The highest BCUT2D eigenvalue weighted by atomic mass is 35.5. The van der Waals surface area contributed by atoms with Crippen LogP contribution in [0.4, 0.5) is 26.3 Å². The number of ether oxygens (including phenoxy) is 1. The van der Waals surface area contributed by atoms with Crippen LogP contribution in [-0.2, 0) is 4.74 Å². The van der Waals surface area contributed by atoms with Gasteiger partial charge < -0.3 is 4.74 Å². The Bertz CT molecular complexity index is 322. The Kier molecular flexibility index (Phi) is 5.63. The molecule has 20 heavy (non-hydrogen) atoms. The summed E-state index contributed by atoms with van der Waals surface area (Å²) in [5.41, 5.74) is -4.59. The zero-order valence-corrected chi connectivity index (χ0v) is 11.7. The third-order valence-electron chi connectivity index (χ3n) is 3.45. The van der Waals surface area contributed by atoms with Gasteiger partial charge >= 0.3 is 6.18 Å². The molecule has 1 fully saturated rings. The molecule has 0 bridgehead atoms. The van der Waals surface area contributed by atoms with Crippen molar-refractivity contribution in [2.75, 3.05) is 6.61 Å². The Morgan fingerprint density at radius 3 is 2.25 bits per heavy atom. The molecule has 1 rings (SSSR count). The van der Waals surface area contributed by atoms with Gasteiger partial charge in [0.15, 0.2) is 0 Å². The highest BCUT2D eigenvalue weighted by Gasteiger charge is 2.74. The summed E-state index contributed by atoms with van der Waals surface area (Å²) in [4.78, 5) is 0. The molecule has 1 nitrogen and oxygen atoms in total. The van der Waals surface area contributed by atoms with Crippen LogP contribution in [-0.4, -0.2) is 35.9 Å². The van der Waals surface area contributed by atoms with Crippen LogP contribution in [0.25, 0.3) is 0 Å². The van der Waals surface area contributed by atoms with Crippen LogP contribution in [0, 0.1) is 0 Å². The second-order valence-electron chi connectivity index (χ2n) is 5.04. The Balaban J connectivity index is 2.72. The molecule has 0 unspecified atom stereocenters. The maximum Gasteiger partial charge on any atom is 0.428 e. The van der Waals surface area contributed by atoms with Crippen LogP contribution in [0.15, 0.2) is 0 Å². The van der Waals surface area contributed by atoms with Crippen LogP contribution >= 0.6 is 11.6 Å². The van der Waals surface area contributed by atoms with E-state index in [1.165, 1.54) is 0 Å². The summed E-state index contributed by atoms with van der Waals surface area (Å²) in [6.07, 6.45) is -7.48. The van der Waals surface area contributed by atoms with E-state index in [2.05, 4.69) is 0 Å². The number of unbranched alkanes of at least 4 members (excludes halogenated alkanes) is 2. The number of rotatable bonds is 5. The average Bonchev–Trinajstić information content (AvgIpc) is 2.29. The molecule has 0 aromatic heterocycles. The van der Waals surface area contributed by atoms with Crippen molar-refractivity contribution in [1.29, 1.82) is 0 Å². The molecule has 0 heterocycles. The fraction of sp³-hybridized carbons (Fsp3) is 1.00. The first-order valence-corrected chi connectivity index (χ1v) is 6.88. The van der Waals surface area contributed by atoms with Crippen molar-refractivity contribution >= 4 is 11.6 Å². The first-order chi connectivity index (χ1) is 9.05. The molecule has 0 saturated heterocycles. The summed E-state index contributed by atoms with van der Waals surface area (Å²) in [6.45, 7) is 2.06. The van der Waals surface area contributed by atoms with Crippen LogP contribution in [0.3, 0.4) is 0 Å². The minimum Gasteiger partial charge on any atom is -0.376 e. The number of hydrogen-bond acceptors (Lipinski definition) is 1. The second kappa shape index (κ2) is 6.30. The maximum absolute atomic E-state index is 13.7. The lowest BCUT2D eigenvalue weighted by Crippen LogP contribution is -2.62. The lowest BCUT2D eigenvalue weighted by molar-refractivity contribution is -0.321. The van der Waals surface area contributed by atoms with Crippen LogP contribution in [0.5, 0.6) is 0 Å². The molecule has 1 aliphatic carbocycles. The topological polar surface area (TPSA) is 9.23 Å². The molecule has 120 valence electrons. The minimum atomic E-state index is -5.66. The van der Waals surface area contributed by atoms with Gasteiger partial charge in [-0.3, -0.25) is 0 Å². The van der Waals surface area contributed by atoms with E-state index in [0.717, 1.165) is 12.8 Å². The van der Waals surface area contributed by atoms with Crippen molar-refractivity contribution in [3.8, 4) is 0 Å². The summed E-state index contributed by atoms with van der Waals surface area (Å²) >= 11 is 5.61. The van der Waals surface area contributed by atoms with Crippen LogP contribution in [0.2, 0.25) is 0 Å². The Morgan fingerprint density at radius 2 is 1.75 bits per heavy atom. The van der Waals surface area contributed by atoms with Gasteiger partial charge in [-0.2, -0.15) is 13.2 Å². The van der Waals surface area contributed by atoms with Gasteiger partial charge in [0, 0.05) is 19.4 Å². The number of halogens is 7. The third kappa shape index (κ3) is 3.53. The van der Waals surface area contributed by atoms with E-state index in [0.29, 0.717) is 6.42 Å². The first-order valence-electron chi connectivity index (χ1n) is 6.44. The molecule has 0 aromatic rings. The summed E-state index contributed by atoms with van der Waals surface area (Å²) < 4.78 is 83.4. The molecule has 0 N–H and O–H groups in total. The molecule has 0 aliphatic heterocycles. The van der Waals surface area contributed by atoms with E-state index < -0.39 is 42.1 Å². The second-order valence-corrected chi connectivity index (χ2v) is 5.60. The summed E-state index contributed by atoms with van der Waals surface area (Å²) in [5, 5.41) is -1.43. The molecule has 1 aliphatic rings. The molecular formula is C12H17ClF6O. The molecule has 3 atom stereocenters. The smallest absolute Gasteiger partial charge is 0.376 e. The van der Waals surface area contributed by atoms with E-state index in [-0.39, 0.29) is 6.61 Å². The van der Waals surface area contributed by atoms with Crippen LogP contribution < -0.4 is 0 Å². The Hall–Kier alpha value is -0.170. The first kappa shape index (κ1) is 17.9. The van der Waals surface area contributed by atoms with E-state index in [1.54, 1.807) is 0 Å². The predicted octanol–water partition coefficient (Wildman–Crippen LogP) is 4.87. The van der Waals surface area contributed by atoms with Gasteiger partial charge in [0.25, 0.3) is 11.6 Å². The van der Waals surface area contributed by atoms with Crippen molar-refractivity contribution in [2.45, 2.75) is 68.3 Å². The van der Waals surface area contributed by atoms with Gasteiger partial charge in [0.05, 0.1) is 11.5 Å². The molecule has 0 amide bonds. The van der Waals surface area contributed by atoms with Crippen molar-refractivity contribution in [2.24, 2.45) is 0 Å². The van der Waals surface area contributed by atoms with E-state index >= 15 is 0 Å². The Labute approximate surface area is 118 Å². The Morgan fingerprint density at radius 1 is 1.15 bits per heavy atom. The number of alkyl halides is 7. The third-order valence-corrected chi connectivity index (χ3v) is 3.88. The fourth-order valence-electron chi connectivity index (χ4n) is 2.16. The molecule has 0 radical (unpaired) electrons. The van der Waals surface area contributed by atoms with Crippen molar-refractivity contribution in [3.63, 3.8) is 0 Å². The maximum atomic E-state index is 13.7. The van der Waals surface area contributed by atoms with E-state index in [4.69, 9.17) is 16.3 Å². The average molecular weight is 327 g/mol. The molecule has 8 heteroatoms. The largest absolute Gasteiger partial charge is 0.428 e.